The lowest BCUT2D eigenvalue weighted by Gasteiger charge is -2.38. The quantitative estimate of drug-likeness (QED) is 0.731. The number of aromatic nitrogens is 2. The molecule has 7 heteroatoms. The monoisotopic (exact) mass is 396 g/mol. The molecule has 0 spiro atoms. The molecule has 154 valence electrons. The van der Waals surface area contributed by atoms with Crippen molar-refractivity contribution >= 4 is 22.1 Å². The molecule has 2 aliphatic rings. The Morgan fingerprint density at radius 1 is 1.21 bits per heavy atom. The third-order valence-corrected chi connectivity index (χ3v) is 6.10. The summed E-state index contributed by atoms with van der Waals surface area (Å²) < 4.78 is 11.6. The first-order valence-corrected chi connectivity index (χ1v) is 10.6. The van der Waals surface area contributed by atoms with Gasteiger partial charge in [0.15, 0.2) is 0 Å². The van der Waals surface area contributed by atoms with Crippen LogP contribution in [0.3, 0.4) is 0 Å². The average molecular weight is 396 g/mol. The third-order valence-electron chi connectivity index (χ3n) is 6.10. The first kappa shape index (κ1) is 18.8. The fraction of sp³-hybridized carbons (Fsp3) is 0.545. The van der Waals surface area contributed by atoms with Crippen molar-refractivity contribution in [3.8, 4) is 0 Å². The highest BCUT2D eigenvalue weighted by molar-refractivity contribution is 6.01. The first-order valence-electron chi connectivity index (χ1n) is 10.6. The van der Waals surface area contributed by atoms with Gasteiger partial charge in [0.05, 0.1) is 18.8 Å². The topological polar surface area (TPSA) is 74.6 Å². The molecule has 0 bridgehead atoms. The molecule has 3 unspecified atom stereocenters. The highest BCUT2D eigenvalue weighted by Gasteiger charge is 2.30. The van der Waals surface area contributed by atoms with E-state index < -0.39 is 0 Å². The second-order valence-electron chi connectivity index (χ2n) is 8.53. The predicted octanol–water partition coefficient (Wildman–Crippen LogP) is 2.74. The molecule has 4 heterocycles. The summed E-state index contributed by atoms with van der Waals surface area (Å²) in [6.07, 6.45) is 2.93. The maximum absolute atomic E-state index is 12.6. The zero-order valence-corrected chi connectivity index (χ0v) is 17.1. The van der Waals surface area contributed by atoms with Crippen LogP contribution in [0.1, 0.15) is 32.5 Å². The minimum absolute atomic E-state index is 0.201. The molecule has 2 aromatic heterocycles. The minimum Gasteiger partial charge on any atom is -0.449 e. The summed E-state index contributed by atoms with van der Waals surface area (Å²) in [7, 11) is 0. The molecule has 3 aromatic rings. The fourth-order valence-corrected chi connectivity index (χ4v) is 4.96. The van der Waals surface area contributed by atoms with Gasteiger partial charge in [-0.05, 0) is 45.4 Å². The number of morpholine rings is 1. The summed E-state index contributed by atoms with van der Waals surface area (Å²) in [5.74, 6) is 0.713. The van der Waals surface area contributed by atoms with Gasteiger partial charge in [0.2, 0.25) is 5.58 Å². The second kappa shape index (κ2) is 7.55. The first-order chi connectivity index (χ1) is 14.1. The number of nitrogens with one attached hydrogen (secondary N) is 1. The van der Waals surface area contributed by atoms with Gasteiger partial charge in [0, 0.05) is 31.1 Å². The molecule has 5 rings (SSSR count). The van der Waals surface area contributed by atoms with E-state index in [2.05, 4.69) is 28.6 Å². The van der Waals surface area contributed by atoms with Gasteiger partial charge in [0.1, 0.15) is 16.9 Å². The van der Waals surface area contributed by atoms with Crippen molar-refractivity contribution in [3.63, 3.8) is 0 Å². The number of benzene rings is 1. The zero-order chi connectivity index (χ0) is 20.0. The van der Waals surface area contributed by atoms with Gasteiger partial charge in [-0.25, -0.2) is 4.98 Å². The van der Waals surface area contributed by atoms with Gasteiger partial charge >= 0.3 is 0 Å². The lowest BCUT2D eigenvalue weighted by Crippen LogP contribution is -2.50. The Bertz CT molecular complexity index is 1060. The van der Waals surface area contributed by atoms with Crippen LogP contribution in [0.25, 0.3) is 22.1 Å². The van der Waals surface area contributed by atoms with Crippen LogP contribution < -0.4 is 5.56 Å². The van der Waals surface area contributed by atoms with Crippen LogP contribution in [0.4, 0.5) is 0 Å². The molecule has 3 atom stereocenters. The van der Waals surface area contributed by atoms with Gasteiger partial charge < -0.3 is 14.1 Å². The standard InChI is InChI=1S/C22H28N4O3/c1-14-10-25(11-15(2)28-14)12-16-6-5-9-26(16)13-19-23-20-17-7-3-4-8-18(17)29-21(20)22(27)24-19/h3-4,7-8,14-16H,5-6,9-13H2,1-2H3,(H,23,24,27). The Morgan fingerprint density at radius 2 is 2.00 bits per heavy atom. The molecule has 1 N–H and O–H groups in total. The molecular weight excluding hydrogens is 368 g/mol. The number of rotatable bonds is 4. The van der Waals surface area contributed by atoms with Crippen molar-refractivity contribution in [2.24, 2.45) is 0 Å². The van der Waals surface area contributed by atoms with Crippen molar-refractivity contribution in [2.45, 2.75) is 51.5 Å². The second-order valence-corrected chi connectivity index (χ2v) is 8.53. The molecular formula is C22H28N4O3. The molecule has 0 aliphatic carbocycles. The zero-order valence-electron chi connectivity index (χ0n) is 17.1. The van der Waals surface area contributed by atoms with Gasteiger partial charge in [0.25, 0.3) is 5.56 Å². The predicted molar refractivity (Wildman–Crippen MR) is 112 cm³/mol. The summed E-state index contributed by atoms with van der Waals surface area (Å²) >= 11 is 0. The Labute approximate surface area is 169 Å². The smallest absolute Gasteiger partial charge is 0.294 e. The molecule has 29 heavy (non-hydrogen) atoms. The molecule has 2 saturated heterocycles. The van der Waals surface area contributed by atoms with E-state index in [1.165, 1.54) is 12.8 Å². The fourth-order valence-electron chi connectivity index (χ4n) is 4.96. The summed E-state index contributed by atoms with van der Waals surface area (Å²) in [6, 6.07) is 8.16. The Balaban J connectivity index is 1.37. The molecule has 0 saturated carbocycles. The minimum atomic E-state index is -0.201. The number of nitrogens with zero attached hydrogens (tertiary/aromatic N) is 3. The van der Waals surface area contributed by atoms with Crippen LogP contribution in [0, 0.1) is 0 Å². The lowest BCUT2D eigenvalue weighted by atomic mass is 10.1. The van der Waals surface area contributed by atoms with Crippen LogP contribution in [0.5, 0.6) is 0 Å². The summed E-state index contributed by atoms with van der Waals surface area (Å²) in [4.78, 5) is 25.3. The van der Waals surface area contributed by atoms with E-state index in [-0.39, 0.29) is 17.8 Å². The third kappa shape index (κ3) is 3.70. The van der Waals surface area contributed by atoms with E-state index in [0.717, 1.165) is 31.6 Å². The normalized spacial score (nSPS) is 26.6. The largest absolute Gasteiger partial charge is 0.449 e. The van der Waals surface area contributed by atoms with E-state index in [4.69, 9.17) is 14.1 Å². The number of ether oxygens (including phenoxy) is 1. The SMILES string of the molecule is CC1CN(CC2CCCN2Cc2nc3c(oc4ccccc43)c(=O)[nH]2)CC(C)O1. The van der Waals surface area contributed by atoms with E-state index in [1.807, 2.05) is 24.3 Å². The van der Waals surface area contributed by atoms with Crippen LogP contribution in [0.15, 0.2) is 33.5 Å². The van der Waals surface area contributed by atoms with Gasteiger partial charge in [-0.1, -0.05) is 12.1 Å². The molecule has 7 nitrogen and oxygen atoms in total. The number of hydrogen-bond donors (Lipinski definition) is 1. The van der Waals surface area contributed by atoms with Crippen molar-refractivity contribution < 1.29 is 9.15 Å². The van der Waals surface area contributed by atoms with Crippen molar-refractivity contribution in [1.82, 2.24) is 19.8 Å². The van der Waals surface area contributed by atoms with Crippen LogP contribution in [-0.4, -0.2) is 64.2 Å². The Morgan fingerprint density at radius 3 is 2.83 bits per heavy atom. The van der Waals surface area contributed by atoms with E-state index in [1.54, 1.807) is 0 Å². The number of hydrogen-bond acceptors (Lipinski definition) is 6. The van der Waals surface area contributed by atoms with Crippen LogP contribution >= 0.6 is 0 Å². The molecule has 0 radical (unpaired) electrons. The van der Waals surface area contributed by atoms with Gasteiger partial charge in [-0.2, -0.15) is 0 Å². The van der Waals surface area contributed by atoms with Gasteiger partial charge in [-0.15, -0.1) is 0 Å². The van der Waals surface area contributed by atoms with E-state index in [9.17, 15) is 4.79 Å². The summed E-state index contributed by atoms with van der Waals surface area (Å²) in [5.41, 5.74) is 1.47. The number of likely N-dealkylation sites (tertiary alicyclic amines) is 1. The lowest BCUT2D eigenvalue weighted by molar-refractivity contribution is -0.0725. The number of aromatic amines is 1. The number of fused-ring (bicyclic) bond motifs is 3. The molecule has 2 aliphatic heterocycles. The molecule has 2 fully saturated rings. The average Bonchev–Trinajstić information content (AvgIpc) is 3.26. The maximum atomic E-state index is 12.6. The number of H-pyrrole nitrogens is 1. The summed E-state index contributed by atoms with van der Waals surface area (Å²) in [5, 5.41) is 0.893. The highest BCUT2D eigenvalue weighted by Crippen LogP contribution is 2.26. The van der Waals surface area contributed by atoms with E-state index in [0.29, 0.717) is 35.1 Å². The van der Waals surface area contributed by atoms with Crippen molar-refractivity contribution in [1.29, 1.82) is 0 Å². The molecule has 1 aromatic carbocycles. The Hall–Kier alpha value is -2.22. The van der Waals surface area contributed by atoms with Crippen LogP contribution in [0.2, 0.25) is 0 Å². The number of para-hydroxylation sites is 1. The van der Waals surface area contributed by atoms with Gasteiger partial charge in [-0.3, -0.25) is 14.6 Å². The van der Waals surface area contributed by atoms with E-state index >= 15 is 0 Å². The Kier molecular flexibility index (Phi) is 4.89. The van der Waals surface area contributed by atoms with Crippen molar-refractivity contribution in [2.75, 3.05) is 26.2 Å². The molecule has 0 amide bonds. The summed E-state index contributed by atoms with van der Waals surface area (Å²) in [6.45, 7) is 8.99. The maximum Gasteiger partial charge on any atom is 0.294 e. The van der Waals surface area contributed by atoms with Crippen molar-refractivity contribution in [3.05, 3.63) is 40.4 Å². The van der Waals surface area contributed by atoms with Crippen LogP contribution in [-0.2, 0) is 11.3 Å². The highest BCUT2D eigenvalue weighted by atomic mass is 16.5. The number of furan rings is 1.